The van der Waals surface area contributed by atoms with Gasteiger partial charge >= 0.3 is 0 Å². The number of sulfonamides is 1. The van der Waals surface area contributed by atoms with Crippen LogP contribution in [0.25, 0.3) is 22.0 Å². The number of aryl methyl sites for hydroxylation is 1. The van der Waals surface area contributed by atoms with Crippen molar-refractivity contribution in [3.8, 4) is 11.1 Å². The van der Waals surface area contributed by atoms with E-state index in [2.05, 4.69) is 35.0 Å². The molecule has 5 rings (SSSR count). The highest BCUT2D eigenvalue weighted by molar-refractivity contribution is 7.90. The van der Waals surface area contributed by atoms with Gasteiger partial charge in [-0.1, -0.05) is 20.8 Å². The van der Waals surface area contributed by atoms with Crippen LogP contribution in [0.4, 0.5) is 4.39 Å². The number of nitrogens with one attached hydrogen (secondary N) is 1. The van der Waals surface area contributed by atoms with E-state index in [1.165, 1.54) is 0 Å². The predicted octanol–water partition coefficient (Wildman–Crippen LogP) is 5.35. The van der Waals surface area contributed by atoms with E-state index in [4.69, 9.17) is 0 Å². The van der Waals surface area contributed by atoms with Gasteiger partial charge in [-0.15, -0.1) is 0 Å². The third-order valence-corrected chi connectivity index (χ3v) is 8.55. The molecule has 5 nitrogen and oxygen atoms in total. The van der Waals surface area contributed by atoms with Gasteiger partial charge in [-0.3, -0.25) is 4.98 Å². The second-order valence-corrected chi connectivity index (χ2v) is 12.8. The van der Waals surface area contributed by atoms with Gasteiger partial charge in [0.05, 0.1) is 5.25 Å². The molecule has 0 bridgehead atoms. The Hall–Kier alpha value is -2.25. The fraction of sp³-hybridized carbons (Fsp3) is 0.500. The molecule has 0 radical (unpaired) electrons. The van der Waals surface area contributed by atoms with Crippen molar-refractivity contribution in [1.29, 1.82) is 0 Å². The van der Waals surface area contributed by atoms with Crippen LogP contribution in [0.1, 0.15) is 63.3 Å². The fourth-order valence-electron chi connectivity index (χ4n) is 4.92. The average molecular weight is 470 g/mol. The van der Waals surface area contributed by atoms with Crippen LogP contribution in [0.2, 0.25) is 0 Å². The first kappa shape index (κ1) is 22.5. The summed E-state index contributed by atoms with van der Waals surface area (Å²) in [5.41, 5.74) is 5.53. The van der Waals surface area contributed by atoms with Gasteiger partial charge in [0.1, 0.15) is 5.82 Å². The second-order valence-electron chi connectivity index (χ2n) is 10.7. The summed E-state index contributed by atoms with van der Waals surface area (Å²) in [5.74, 6) is -0.277. The largest absolute Gasteiger partial charge is 0.347 e. The van der Waals surface area contributed by atoms with Gasteiger partial charge in [-0.25, -0.2) is 17.5 Å². The summed E-state index contributed by atoms with van der Waals surface area (Å²) in [4.78, 5) is 4.54. The zero-order chi connectivity index (χ0) is 23.4. The summed E-state index contributed by atoms with van der Waals surface area (Å²) in [5, 5.41) is 0.489. The quantitative estimate of drug-likeness (QED) is 0.529. The van der Waals surface area contributed by atoms with E-state index in [-0.39, 0.29) is 23.0 Å². The molecule has 2 aliphatic rings. The maximum absolute atomic E-state index is 15.5. The molecule has 0 amide bonds. The molecule has 33 heavy (non-hydrogen) atoms. The fourth-order valence-corrected chi connectivity index (χ4v) is 6.27. The van der Waals surface area contributed by atoms with Crippen LogP contribution < -0.4 is 4.72 Å². The lowest BCUT2D eigenvalue weighted by Gasteiger charge is -2.21. The smallest absolute Gasteiger partial charge is 0.214 e. The predicted molar refractivity (Wildman–Crippen MR) is 130 cm³/mol. The van der Waals surface area contributed by atoms with E-state index in [1.54, 1.807) is 12.3 Å². The van der Waals surface area contributed by atoms with E-state index in [0.717, 1.165) is 78.4 Å². The molecule has 2 aliphatic carbocycles. The number of nitrogens with zero attached hydrogens (tertiary/aromatic N) is 2. The Morgan fingerprint density at radius 3 is 2.64 bits per heavy atom. The van der Waals surface area contributed by atoms with Crippen molar-refractivity contribution in [2.75, 3.05) is 0 Å². The maximum Gasteiger partial charge on any atom is 0.214 e. The number of fused-ring (bicyclic) bond motifs is 2. The Balaban J connectivity index is 1.61. The lowest BCUT2D eigenvalue weighted by Crippen LogP contribution is -2.26. The molecule has 7 heteroatoms. The molecule has 3 aromatic rings. The van der Waals surface area contributed by atoms with Crippen LogP contribution in [-0.4, -0.2) is 23.2 Å². The average Bonchev–Trinajstić information content (AvgIpc) is 3.57. The summed E-state index contributed by atoms with van der Waals surface area (Å²) in [6.45, 7) is 7.42. The van der Waals surface area contributed by atoms with Crippen LogP contribution in [-0.2, 0) is 36.0 Å². The number of hydrogen-bond acceptors (Lipinski definition) is 3. The van der Waals surface area contributed by atoms with Crippen LogP contribution >= 0.6 is 0 Å². The molecule has 176 valence electrons. The van der Waals surface area contributed by atoms with Gasteiger partial charge in [0.2, 0.25) is 10.0 Å². The Morgan fingerprint density at radius 2 is 1.91 bits per heavy atom. The summed E-state index contributed by atoms with van der Waals surface area (Å²) < 4.78 is 45.2. The molecule has 0 unspecified atom stereocenters. The molecule has 0 aliphatic heterocycles. The third kappa shape index (κ3) is 4.58. The first-order chi connectivity index (χ1) is 15.6. The minimum Gasteiger partial charge on any atom is -0.347 e. The van der Waals surface area contributed by atoms with Crippen molar-refractivity contribution in [2.24, 2.45) is 5.41 Å². The van der Waals surface area contributed by atoms with Gasteiger partial charge < -0.3 is 4.57 Å². The van der Waals surface area contributed by atoms with Crippen LogP contribution in [0.5, 0.6) is 0 Å². The number of rotatable bonds is 6. The first-order valence-electron chi connectivity index (χ1n) is 11.9. The second kappa shape index (κ2) is 8.20. The van der Waals surface area contributed by atoms with Crippen molar-refractivity contribution in [3.05, 3.63) is 53.2 Å². The highest BCUT2D eigenvalue weighted by Gasteiger charge is 2.35. The molecule has 1 fully saturated rings. The minimum absolute atomic E-state index is 0.0150. The van der Waals surface area contributed by atoms with Crippen molar-refractivity contribution in [1.82, 2.24) is 14.3 Å². The monoisotopic (exact) mass is 469 g/mol. The van der Waals surface area contributed by atoms with E-state index in [9.17, 15) is 8.42 Å². The van der Waals surface area contributed by atoms with Gasteiger partial charge in [-0.2, -0.15) is 0 Å². The summed E-state index contributed by atoms with van der Waals surface area (Å²) in [6.07, 6.45) is 9.30. The Bertz CT molecular complexity index is 1320. The van der Waals surface area contributed by atoms with Gasteiger partial charge in [0.25, 0.3) is 0 Å². The maximum atomic E-state index is 15.5. The van der Waals surface area contributed by atoms with E-state index >= 15 is 4.39 Å². The molecule has 1 saturated carbocycles. The number of aromatic nitrogens is 2. The third-order valence-electron chi connectivity index (χ3n) is 6.65. The van der Waals surface area contributed by atoms with Gasteiger partial charge in [-0.05, 0) is 78.8 Å². The SMILES string of the molecule is CC(C)(C)Cn1cc(CNS(=O)(=O)C2CC2)c2cc(F)c(-c3ccnc4c3CCCC4)cc21. The Morgan fingerprint density at radius 1 is 1.15 bits per heavy atom. The molecule has 1 N–H and O–H groups in total. The number of pyridine rings is 1. The van der Waals surface area contributed by atoms with E-state index in [0.29, 0.717) is 5.56 Å². The number of hydrogen-bond donors (Lipinski definition) is 1. The zero-order valence-corrected chi connectivity index (χ0v) is 20.4. The zero-order valence-electron chi connectivity index (χ0n) is 19.6. The van der Waals surface area contributed by atoms with Gasteiger partial charge in [0.15, 0.2) is 0 Å². The molecule has 2 heterocycles. The highest BCUT2D eigenvalue weighted by Crippen LogP contribution is 2.36. The lowest BCUT2D eigenvalue weighted by atomic mass is 9.89. The number of benzene rings is 1. The Labute approximate surface area is 195 Å². The van der Waals surface area contributed by atoms with E-state index < -0.39 is 10.0 Å². The molecule has 0 saturated heterocycles. The molecular weight excluding hydrogens is 437 g/mol. The van der Waals surface area contributed by atoms with Crippen LogP contribution in [0.15, 0.2) is 30.6 Å². The van der Waals surface area contributed by atoms with Crippen molar-refractivity contribution >= 4 is 20.9 Å². The summed E-state index contributed by atoms with van der Waals surface area (Å²) >= 11 is 0. The molecule has 2 aromatic heterocycles. The van der Waals surface area contributed by atoms with Gasteiger partial charge in [0, 0.05) is 47.6 Å². The lowest BCUT2D eigenvalue weighted by molar-refractivity contribution is 0.349. The van der Waals surface area contributed by atoms with E-state index in [1.807, 2.05) is 18.3 Å². The molecular formula is C26H32FN3O2S. The summed E-state index contributed by atoms with van der Waals surface area (Å²) in [7, 11) is -3.31. The Kier molecular flexibility index (Phi) is 5.60. The highest BCUT2D eigenvalue weighted by atomic mass is 32.2. The molecule has 0 atom stereocenters. The number of halogens is 1. The van der Waals surface area contributed by atoms with Crippen LogP contribution in [0, 0.1) is 11.2 Å². The van der Waals surface area contributed by atoms with Crippen molar-refractivity contribution in [3.63, 3.8) is 0 Å². The van der Waals surface area contributed by atoms with Crippen molar-refractivity contribution in [2.45, 2.75) is 77.6 Å². The normalized spacial score (nSPS) is 16.8. The van der Waals surface area contributed by atoms with Crippen molar-refractivity contribution < 1.29 is 12.8 Å². The molecule has 1 aromatic carbocycles. The van der Waals surface area contributed by atoms with Crippen LogP contribution in [0.3, 0.4) is 0 Å². The minimum atomic E-state index is -3.31. The summed E-state index contributed by atoms with van der Waals surface area (Å²) in [6, 6.07) is 5.45. The first-order valence-corrected chi connectivity index (χ1v) is 13.4. The standard InChI is InChI=1S/C26H32FN3O2S/c1-26(2,3)16-30-15-17(14-29-33(31,32)18-8-9-18)21-12-23(27)22(13-25(21)30)19-10-11-28-24-7-5-4-6-20(19)24/h10-13,15,18,29H,4-9,14,16H2,1-3H3. The topological polar surface area (TPSA) is 64.0 Å². The molecule has 0 spiro atoms.